The van der Waals surface area contributed by atoms with Gasteiger partial charge in [-0.05, 0) is 51.3 Å². The Labute approximate surface area is 188 Å². The second kappa shape index (κ2) is 9.67. The second-order valence-electron chi connectivity index (χ2n) is 8.83. The second-order valence-corrected chi connectivity index (χ2v) is 11.7. The molecule has 9 heteroatoms. The Bertz CT molecular complexity index is 986. The maximum atomic E-state index is 12.2. The lowest BCUT2D eigenvalue weighted by Crippen LogP contribution is -2.41. The maximum absolute atomic E-state index is 12.2. The van der Waals surface area contributed by atoms with Crippen LogP contribution in [0.25, 0.3) is 0 Å². The Morgan fingerprint density at radius 3 is 2.39 bits per heavy atom. The summed E-state index contributed by atoms with van der Waals surface area (Å²) in [4.78, 5) is 19.0. The van der Waals surface area contributed by atoms with Crippen molar-refractivity contribution in [2.75, 3.05) is 19.3 Å². The molecule has 1 saturated heterocycles. The van der Waals surface area contributed by atoms with E-state index >= 15 is 0 Å². The molecule has 170 valence electrons. The molecule has 0 spiro atoms. The van der Waals surface area contributed by atoms with Gasteiger partial charge in [0.2, 0.25) is 0 Å². The van der Waals surface area contributed by atoms with Crippen molar-refractivity contribution in [1.82, 2.24) is 9.88 Å². The molecule has 0 saturated carbocycles. The Morgan fingerprint density at radius 2 is 1.81 bits per heavy atom. The summed E-state index contributed by atoms with van der Waals surface area (Å²) in [6.07, 6.45) is 2.70. The third kappa shape index (κ3) is 7.02. The molecule has 1 aliphatic heterocycles. The number of likely N-dealkylation sites (tertiary alicyclic amines) is 1. The zero-order valence-electron chi connectivity index (χ0n) is 18.5. The zero-order chi connectivity index (χ0) is 22.6. The number of benzene rings is 1. The number of carbonyl (C=O) groups excluding carboxylic acids is 1. The van der Waals surface area contributed by atoms with E-state index in [1.165, 1.54) is 6.26 Å². The number of thiazole rings is 1. The summed E-state index contributed by atoms with van der Waals surface area (Å²) >= 11 is 1.63. The van der Waals surface area contributed by atoms with E-state index in [4.69, 9.17) is 14.5 Å². The predicted molar refractivity (Wildman–Crippen MR) is 120 cm³/mol. The third-order valence-electron chi connectivity index (χ3n) is 4.94. The number of nitrogens with zero attached hydrogens (tertiary/aromatic N) is 2. The molecule has 2 heterocycles. The van der Waals surface area contributed by atoms with E-state index in [-0.39, 0.29) is 6.09 Å². The van der Waals surface area contributed by atoms with Crippen LogP contribution in [-0.2, 0) is 32.5 Å². The summed E-state index contributed by atoms with van der Waals surface area (Å²) in [5.41, 5.74) is 1.33. The molecular formula is C22H30N2O5S2. The average molecular weight is 467 g/mol. The summed E-state index contributed by atoms with van der Waals surface area (Å²) < 4.78 is 34.2. The normalized spacial score (nSPS) is 15.8. The Balaban J connectivity index is 1.45. The lowest BCUT2D eigenvalue weighted by molar-refractivity contribution is 0.0204. The Kier molecular flexibility index (Phi) is 7.39. The predicted octanol–water partition coefficient (Wildman–Crippen LogP) is 4.38. The van der Waals surface area contributed by atoms with Gasteiger partial charge in [-0.25, -0.2) is 18.2 Å². The van der Waals surface area contributed by atoms with E-state index in [2.05, 4.69) is 0 Å². The highest BCUT2D eigenvalue weighted by molar-refractivity contribution is 7.90. The smallest absolute Gasteiger partial charge is 0.410 e. The largest absolute Gasteiger partial charge is 0.444 e. The van der Waals surface area contributed by atoms with Crippen LogP contribution in [0.3, 0.4) is 0 Å². The Hall–Kier alpha value is -1.97. The average Bonchev–Trinajstić information content (AvgIpc) is 3.15. The molecule has 1 amide bonds. The molecule has 0 aliphatic carbocycles. The number of carbonyl (C=O) groups is 1. The fourth-order valence-corrected chi connectivity index (χ4v) is 4.92. The van der Waals surface area contributed by atoms with Gasteiger partial charge in [0.1, 0.15) is 5.60 Å². The summed E-state index contributed by atoms with van der Waals surface area (Å²) in [5.74, 6) is 0.348. The minimum atomic E-state index is -3.19. The number of rotatable bonds is 6. The van der Waals surface area contributed by atoms with Crippen molar-refractivity contribution in [2.45, 2.75) is 63.2 Å². The van der Waals surface area contributed by atoms with Gasteiger partial charge < -0.3 is 14.4 Å². The van der Waals surface area contributed by atoms with Crippen LogP contribution in [-0.4, -0.2) is 49.3 Å². The first kappa shape index (κ1) is 23.7. The number of piperidine rings is 1. The first-order valence-corrected chi connectivity index (χ1v) is 13.1. The molecule has 3 rings (SSSR count). The number of amides is 1. The van der Waals surface area contributed by atoms with Gasteiger partial charge in [0.25, 0.3) is 0 Å². The maximum Gasteiger partial charge on any atom is 0.410 e. The van der Waals surface area contributed by atoms with Crippen LogP contribution < -0.4 is 0 Å². The molecule has 0 atom stereocenters. The molecule has 1 fully saturated rings. The SMILES string of the molecule is CC(C)(C)OC(=O)N1CCC(c2nc(COCc3ccc(S(C)(=O)=O)cc3)cs2)CC1. The monoisotopic (exact) mass is 466 g/mol. The summed E-state index contributed by atoms with van der Waals surface area (Å²) in [7, 11) is -3.19. The van der Waals surface area contributed by atoms with Crippen LogP contribution in [0, 0.1) is 0 Å². The van der Waals surface area contributed by atoms with Crippen molar-refractivity contribution in [2.24, 2.45) is 0 Å². The zero-order valence-corrected chi connectivity index (χ0v) is 20.1. The fraction of sp³-hybridized carbons (Fsp3) is 0.545. The lowest BCUT2D eigenvalue weighted by Gasteiger charge is -2.32. The van der Waals surface area contributed by atoms with Gasteiger partial charge in [0.15, 0.2) is 9.84 Å². The quantitative estimate of drug-likeness (QED) is 0.628. The van der Waals surface area contributed by atoms with Crippen molar-refractivity contribution in [1.29, 1.82) is 0 Å². The van der Waals surface area contributed by atoms with Gasteiger partial charge in [0, 0.05) is 30.6 Å². The molecule has 1 aromatic carbocycles. The molecule has 7 nitrogen and oxygen atoms in total. The van der Waals surface area contributed by atoms with Crippen LogP contribution in [0.5, 0.6) is 0 Å². The van der Waals surface area contributed by atoms with Gasteiger partial charge in [-0.1, -0.05) is 12.1 Å². The van der Waals surface area contributed by atoms with Crippen LogP contribution >= 0.6 is 11.3 Å². The minimum Gasteiger partial charge on any atom is -0.444 e. The molecule has 0 bridgehead atoms. The van der Waals surface area contributed by atoms with E-state index in [0.29, 0.717) is 37.1 Å². The number of hydrogen-bond acceptors (Lipinski definition) is 7. The summed E-state index contributed by atoms with van der Waals surface area (Å²) in [5, 5.41) is 3.10. The summed E-state index contributed by atoms with van der Waals surface area (Å²) in [6, 6.07) is 6.72. The molecular weight excluding hydrogens is 436 g/mol. The van der Waals surface area contributed by atoms with Crippen molar-refractivity contribution in [3.8, 4) is 0 Å². The van der Waals surface area contributed by atoms with Crippen molar-refractivity contribution >= 4 is 27.3 Å². The van der Waals surface area contributed by atoms with Gasteiger partial charge in [-0.15, -0.1) is 11.3 Å². The highest BCUT2D eigenvalue weighted by atomic mass is 32.2. The minimum absolute atomic E-state index is 0.247. The standard InChI is InChI=1S/C22H30N2O5S2/c1-22(2,3)29-21(25)24-11-9-17(10-12-24)20-23-18(15-30-20)14-28-13-16-5-7-19(8-6-16)31(4,26)27/h5-8,15,17H,9-14H2,1-4H3. The van der Waals surface area contributed by atoms with Crippen LogP contribution in [0.4, 0.5) is 4.79 Å². The number of aromatic nitrogens is 1. The highest BCUT2D eigenvalue weighted by Gasteiger charge is 2.28. The molecule has 31 heavy (non-hydrogen) atoms. The summed E-state index contributed by atoms with van der Waals surface area (Å²) in [6.45, 7) is 7.78. The van der Waals surface area contributed by atoms with Crippen molar-refractivity contribution in [3.05, 3.63) is 45.9 Å². The first-order valence-electron chi connectivity index (χ1n) is 10.3. The molecule has 0 unspecified atom stereocenters. The Morgan fingerprint density at radius 1 is 1.16 bits per heavy atom. The van der Waals surface area contributed by atoms with Crippen molar-refractivity contribution in [3.63, 3.8) is 0 Å². The van der Waals surface area contributed by atoms with Crippen LogP contribution in [0.2, 0.25) is 0 Å². The van der Waals surface area contributed by atoms with Crippen LogP contribution in [0.15, 0.2) is 34.5 Å². The highest BCUT2D eigenvalue weighted by Crippen LogP contribution is 2.31. The van der Waals surface area contributed by atoms with E-state index in [9.17, 15) is 13.2 Å². The fourth-order valence-electron chi connectivity index (χ4n) is 3.32. The van der Waals surface area contributed by atoms with Gasteiger partial charge >= 0.3 is 6.09 Å². The molecule has 0 N–H and O–H groups in total. The third-order valence-corrected chi connectivity index (χ3v) is 7.12. The van der Waals surface area contributed by atoms with Gasteiger partial charge in [-0.3, -0.25) is 0 Å². The van der Waals surface area contributed by atoms with E-state index in [1.54, 1.807) is 40.5 Å². The van der Waals surface area contributed by atoms with E-state index < -0.39 is 15.4 Å². The van der Waals surface area contributed by atoms with E-state index in [1.807, 2.05) is 26.2 Å². The van der Waals surface area contributed by atoms with Crippen LogP contribution in [0.1, 0.15) is 55.8 Å². The molecule has 1 aliphatic rings. The topological polar surface area (TPSA) is 85.8 Å². The number of sulfone groups is 1. The first-order chi connectivity index (χ1) is 14.5. The molecule has 2 aromatic rings. The number of ether oxygens (including phenoxy) is 2. The number of hydrogen-bond donors (Lipinski definition) is 0. The van der Waals surface area contributed by atoms with E-state index in [0.717, 1.165) is 29.1 Å². The molecule has 0 radical (unpaired) electrons. The lowest BCUT2D eigenvalue weighted by atomic mass is 9.98. The molecule has 1 aromatic heterocycles. The van der Waals surface area contributed by atoms with Crippen molar-refractivity contribution < 1.29 is 22.7 Å². The van der Waals surface area contributed by atoms with Gasteiger partial charge in [-0.2, -0.15) is 0 Å². The van der Waals surface area contributed by atoms with Gasteiger partial charge in [0.05, 0.1) is 28.8 Å².